The third kappa shape index (κ3) is 3.67. The summed E-state index contributed by atoms with van der Waals surface area (Å²) in [6.45, 7) is 5.10. The molecule has 4 nitrogen and oxygen atoms in total. The number of aliphatic hydroxyl groups is 1. The molecular formula is C22H27N3O. The number of imidazole rings is 1. The van der Waals surface area contributed by atoms with Gasteiger partial charge in [0.15, 0.2) is 0 Å². The first-order valence-electron chi connectivity index (χ1n) is 9.57. The molecule has 1 N–H and O–H groups in total. The molecule has 1 aliphatic rings. The zero-order chi connectivity index (χ0) is 17.9. The van der Waals surface area contributed by atoms with E-state index in [0.717, 1.165) is 50.2 Å². The van der Waals surface area contributed by atoms with E-state index in [9.17, 15) is 5.11 Å². The van der Waals surface area contributed by atoms with Crippen LogP contribution in [0, 0.1) is 12.8 Å². The number of hydrogen-bond donors (Lipinski definition) is 1. The Bertz CT molecular complexity index is 850. The van der Waals surface area contributed by atoms with Crippen LogP contribution in [0.5, 0.6) is 0 Å². The van der Waals surface area contributed by atoms with E-state index in [1.807, 2.05) is 24.3 Å². The van der Waals surface area contributed by atoms with Gasteiger partial charge in [0.1, 0.15) is 5.65 Å². The van der Waals surface area contributed by atoms with E-state index in [1.54, 1.807) is 0 Å². The fourth-order valence-electron chi connectivity index (χ4n) is 4.08. The van der Waals surface area contributed by atoms with Crippen molar-refractivity contribution in [2.45, 2.75) is 38.8 Å². The summed E-state index contributed by atoms with van der Waals surface area (Å²) in [5, 5.41) is 10.6. The zero-order valence-corrected chi connectivity index (χ0v) is 15.4. The predicted molar refractivity (Wildman–Crippen MR) is 104 cm³/mol. The van der Waals surface area contributed by atoms with E-state index in [-0.39, 0.29) is 6.10 Å². The van der Waals surface area contributed by atoms with Gasteiger partial charge < -0.3 is 9.51 Å². The molecule has 0 radical (unpaired) electrons. The summed E-state index contributed by atoms with van der Waals surface area (Å²) in [5.41, 5.74) is 4.64. The summed E-state index contributed by atoms with van der Waals surface area (Å²) in [6.07, 6.45) is 4.74. The Kier molecular flexibility index (Phi) is 5.05. The minimum atomic E-state index is -0.239. The highest BCUT2D eigenvalue weighted by Gasteiger charge is 2.26. The molecule has 1 aliphatic heterocycles. The standard InChI is InChI=1S/C22H27N3O/c1-17-20(25-12-6-5-9-22(25)23-17)16-24-13-10-19(11-14-24)21(26)15-18-7-3-2-4-8-18/h2-9,12,19,21,26H,10-11,13-16H2,1H3/t21-/m0/s1. The summed E-state index contributed by atoms with van der Waals surface area (Å²) in [6, 6.07) is 16.5. The number of rotatable bonds is 5. The minimum Gasteiger partial charge on any atom is -0.392 e. The summed E-state index contributed by atoms with van der Waals surface area (Å²) in [7, 11) is 0. The van der Waals surface area contributed by atoms with E-state index in [4.69, 9.17) is 0 Å². The van der Waals surface area contributed by atoms with Gasteiger partial charge in [-0.15, -0.1) is 0 Å². The summed E-state index contributed by atoms with van der Waals surface area (Å²) in [4.78, 5) is 7.16. The number of aryl methyl sites for hydroxylation is 1. The first-order chi connectivity index (χ1) is 12.7. The Morgan fingerprint density at radius 1 is 1.08 bits per heavy atom. The molecule has 1 atom stereocenters. The lowest BCUT2D eigenvalue weighted by Gasteiger charge is -2.34. The molecule has 4 heteroatoms. The summed E-state index contributed by atoms with van der Waals surface area (Å²) < 4.78 is 2.20. The second-order valence-electron chi connectivity index (χ2n) is 7.44. The molecule has 0 saturated carbocycles. The molecule has 3 heterocycles. The van der Waals surface area contributed by atoms with Crippen LogP contribution in [-0.2, 0) is 13.0 Å². The van der Waals surface area contributed by atoms with Crippen LogP contribution in [0.4, 0.5) is 0 Å². The molecule has 1 aromatic carbocycles. The first kappa shape index (κ1) is 17.3. The van der Waals surface area contributed by atoms with Crippen LogP contribution in [0.3, 0.4) is 0 Å². The van der Waals surface area contributed by atoms with Gasteiger partial charge in [0, 0.05) is 12.7 Å². The quantitative estimate of drug-likeness (QED) is 0.767. The van der Waals surface area contributed by atoms with E-state index >= 15 is 0 Å². The first-order valence-corrected chi connectivity index (χ1v) is 9.57. The van der Waals surface area contributed by atoms with Crippen LogP contribution in [0.2, 0.25) is 0 Å². The Labute approximate surface area is 155 Å². The van der Waals surface area contributed by atoms with Crippen LogP contribution in [0.25, 0.3) is 5.65 Å². The fourth-order valence-corrected chi connectivity index (χ4v) is 4.08. The molecule has 4 rings (SSSR count). The van der Waals surface area contributed by atoms with Gasteiger partial charge in [0.2, 0.25) is 0 Å². The summed E-state index contributed by atoms with van der Waals surface area (Å²) >= 11 is 0. The summed E-state index contributed by atoms with van der Waals surface area (Å²) in [5.74, 6) is 0.398. The molecule has 0 unspecified atom stereocenters. The molecule has 2 aromatic heterocycles. The lowest BCUT2D eigenvalue weighted by Crippen LogP contribution is -2.38. The number of aromatic nitrogens is 2. The maximum atomic E-state index is 10.6. The topological polar surface area (TPSA) is 40.8 Å². The highest BCUT2D eigenvalue weighted by molar-refractivity contribution is 5.42. The third-order valence-corrected chi connectivity index (χ3v) is 5.67. The normalized spacial score (nSPS) is 17.6. The highest BCUT2D eigenvalue weighted by atomic mass is 16.3. The van der Waals surface area contributed by atoms with Crippen molar-refractivity contribution in [3.05, 3.63) is 71.7 Å². The Morgan fingerprint density at radius 3 is 2.58 bits per heavy atom. The van der Waals surface area contributed by atoms with Crippen molar-refractivity contribution in [2.24, 2.45) is 5.92 Å². The van der Waals surface area contributed by atoms with Gasteiger partial charge in [-0.25, -0.2) is 4.98 Å². The molecule has 0 amide bonds. The molecule has 3 aromatic rings. The lowest BCUT2D eigenvalue weighted by molar-refractivity contribution is 0.0572. The number of likely N-dealkylation sites (tertiary alicyclic amines) is 1. The molecule has 0 bridgehead atoms. The van der Waals surface area contributed by atoms with E-state index in [2.05, 4.69) is 51.7 Å². The maximum absolute atomic E-state index is 10.6. The van der Waals surface area contributed by atoms with Crippen molar-refractivity contribution < 1.29 is 5.11 Å². The molecule has 136 valence electrons. The van der Waals surface area contributed by atoms with Crippen LogP contribution in [-0.4, -0.2) is 38.6 Å². The number of pyridine rings is 1. The Hall–Kier alpha value is -2.17. The van der Waals surface area contributed by atoms with Crippen LogP contribution in [0.1, 0.15) is 29.8 Å². The Balaban J connectivity index is 1.35. The van der Waals surface area contributed by atoms with Crippen LogP contribution < -0.4 is 0 Å². The van der Waals surface area contributed by atoms with Gasteiger partial charge in [0.25, 0.3) is 0 Å². The van der Waals surface area contributed by atoms with Crippen LogP contribution >= 0.6 is 0 Å². The van der Waals surface area contributed by atoms with Crippen molar-refractivity contribution in [1.82, 2.24) is 14.3 Å². The largest absolute Gasteiger partial charge is 0.392 e. The fraction of sp³-hybridized carbons (Fsp3) is 0.409. The van der Waals surface area contributed by atoms with Gasteiger partial charge >= 0.3 is 0 Å². The second kappa shape index (κ2) is 7.60. The molecule has 26 heavy (non-hydrogen) atoms. The Morgan fingerprint density at radius 2 is 1.81 bits per heavy atom. The molecule has 0 spiro atoms. The monoisotopic (exact) mass is 349 g/mol. The van der Waals surface area contributed by atoms with Gasteiger partial charge in [-0.2, -0.15) is 0 Å². The number of fused-ring (bicyclic) bond motifs is 1. The maximum Gasteiger partial charge on any atom is 0.137 e. The lowest BCUT2D eigenvalue weighted by atomic mass is 9.88. The van der Waals surface area contributed by atoms with Gasteiger partial charge in [0.05, 0.1) is 17.5 Å². The number of hydrogen-bond acceptors (Lipinski definition) is 3. The van der Waals surface area contributed by atoms with Crippen molar-refractivity contribution in [1.29, 1.82) is 0 Å². The number of aliphatic hydroxyl groups excluding tert-OH is 1. The number of benzene rings is 1. The van der Waals surface area contributed by atoms with Crippen molar-refractivity contribution in [3.8, 4) is 0 Å². The zero-order valence-electron chi connectivity index (χ0n) is 15.4. The second-order valence-corrected chi connectivity index (χ2v) is 7.44. The van der Waals surface area contributed by atoms with Gasteiger partial charge in [-0.3, -0.25) is 4.90 Å². The van der Waals surface area contributed by atoms with Gasteiger partial charge in [-0.05, 0) is 62.9 Å². The minimum absolute atomic E-state index is 0.239. The van der Waals surface area contributed by atoms with Crippen molar-refractivity contribution in [2.75, 3.05) is 13.1 Å². The van der Waals surface area contributed by atoms with Crippen molar-refractivity contribution >= 4 is 5.65 Å². The average Bonchev–Trinajstić information content (AvgIpc) is 2.98. The van der Waals surface area contributed by atoms with Gasteiger partial charge in [-0.1, -0.05) is 36.4 Å². The molecule has 1 saturated heterocycles. The average molecular weight is 349 g/mol. The van der Waals surface area contributed by atoms with E-state index in [1.165, 1.54) is 11.3 Å². The van der Waals surface area contributed by atoms with E-state index in [0.29, 0.717) is 5.92 Å². The SMILES string of the molecule is Cc1nc2ccccn2c1CN1CCC([C@@H](O)Cc2ccccc2)CC1. The predicted octanol–water partition coefficient (Wildman–Crippen LogP) is 3.46. The van der Waals surface area contributed by atoms with Crippen LogP contribution in [0.15, 0.2) is 54.7 Å². The van der Waals surface area contributed by atoms with Crippen molar-refractivity contribution in [3.63, 3.8) is 0 Å². The number of nitrogens with zero attached hydrogens (tertiary/aromatic N) is 3. The smallest absolute Gasteiger partial charge is 0.137 e. The highest BCUT2D eigenvalue weighted by Crippen LogP contribution is 2.25. The molecular weight excluding hydrogens is 322 g/mol. The van der Waals surface area contributed by atoms with E-state index < -0.39 is 0 Å². The molecule has 0 aliphatic carbocycles. The molecule has 1 fully saturated rings. The number of piperidine rings is 1. The third-order valence-electron chi connectivity index (χ3n) is 5.67.